The van der Waals surface area contributed by atoms with Crippen molar-refractivity contribution in [2.45, 2.75) is 6.92 Å². The summed E-state index contributed by atoms with van der Waals surface area (Å²) in [6.07, 6.45) is 0. The molecule has 3 aromatic rings. The maximum atomic E-state index is 13.5. The number of nitrogens with zero attached hydrogens (tertiary/aromatic N) is 3. The standard InChI is InChI=1S/C22H19Cl2N3O3S/c1-14-19(21(29)26-10-12-30-13-11-26)25-22(31-14)27(16-8-6-15(23)7-9-16)20(28)17-4-2-3-5-18(17)24/h2-9H,10-13H2,1H3. The quantitative estimate of drug-likeness (QED) is 0.519. The van der Waals surface area contributed by atoms with Crippen LogP contribution >= 0.6 is 34.5 Å². The molecule has 0 unspecified atom stereocenters. The Hall–Kier alpha value is -2.45. The average Bonchev–Trinajstić information content (AvgIpc) is 3.16. The van der Waals surface area contributed by atoms with Gasteiger partial charge in [0.2, 0.25) is 0 Å². The number of aryl methyl sites for hydroxylation is 1. The zero-order valence-electron chi connectivity index (χ0n) is 16.7. The molecular weight excluding hydrogens is 457 g/mol. The fourth-order valence-electron chi connectivity index (χ4n) is 3.25. The minimum Gasteiger partial charge on any atom is -0.378 e. The highest BCUT2D eigenvalue weighted by Gasteiger charge is 2.29. The lowest BCUT2D eigenvalue weighted by atomic mass is 10.2. The Kier molecular flexibility index (Phi) is 6.57. The first-order valence-corrected chi connectivity index (χ1v) is 11.2. The maximum Gasteiger partial charge on any atom is 0.273 e. The van der Waals surface area contributed by atoms with Crippen molar-refractivity contribution in [3.05, 3.63) is 74.7 Å². The van der Waals surface area contributed by atoms with Crippen molar-refractivity contribution in [1.82, 2.24) is 9.88 Å². The fraction of sp³-hybridized carbons (Fsp3) is 0.227. The van der Waals surface area contributed by atoms with E-state index in [0.29, 0.717) is 58.4 Å². The number of amides is 2. The van der Waals surface area contributed by atoms with Gasteiger partial charge in [0.05, 0.1) is 29.5 Å². The van der Waals surface area contributed by atoms with Crippen LogP contribution in [0.4, 0.5) is 10.8 Å². The van der Waals surface area contributed by atoms with Crippen LogP contribution < -0.4 is 4.90 Å². The molecule has 2 heterocycles. The molecule has 2 aromatic carbocycles. The van der Waals surface area contributed by atoms with Gasteiger partial charge in [0.25, 0.3) is 11.8 Å². The predicted octanol–water partition coefficient (Wildman–Crippen LogP) is 5.21. The van der Waals surface area contributed by atoms with Gasteiger partial charge in [-0.15, -0.1) is 11.3 Å². The molecule has 0 spiro atoms. The largest absolute Gasteiger partial charge is 0.378 e. The second kappa shape index (κ2) is 9.36. The highest BCUT2D eigenvalue weighted by atomic mass is 35.5. The minimum absolute atomic E-state index is 0.162. The van der Waals surface area contributed by atoms with Gasteiger partial charge in [-0.05, 0) is 43.3 Å². The third kappa shape index (κ3) is 4.60. The molecule has 1 fully saturated rings. The number of hydrogen-bond acceptors (Lipinski definition) is 5. The lowest BCUT2D eigenvalue weighted by Crippen LogP contribution is -2.41. The molecule has 6 nitrogen and oxygen atoms in total. The van der Waals surface area contributed by atoms with Gasteiger partial charge in [-0.25, -0.2) is 4.98 Å². The molecule has 1 aromatic heterocycles. The summed E-state index contributed by atoms with van der Waals surface area (Å²) in [5, 5.41) is 1.28. The summed E-state index contributed by atoms with van der Waals surface area (Å²) in [5.74, 6) is -0.503. The lowest BCUT2D eigenvalue weighted by Gasteiger charge is -2.26. The molecule has 0 saturated carbocycles. The average molecular weight is 476 g/mol. The van der Waals surface area contributed by atoms with Crippen LogP contribution in [0.25, 0.3) is 0 Å². The molecule has 31 heavy (non-hydrogen) atoms. The number of thiazole rings is 1. The molecule has 9 heteroatoms. The Balaban J connectivity index is 1.75. The van der Waals surface area contributed by atoms with E-state index in [-0.39, 0.29) is 11.8 Å². The van der Waals surface area contributed by atoms with Crippen LogP contribution in [0.5, 0.6) is 0 Å². The number of hydrogen-bond donors (Lipinski definition) is 0. The minimum atomic E-state index is -0.341. The molecule has 0 atom stereocenters. The summed E-state index contributed by atoms with van der Waals surface area (Å²) in [6.45, 7) is 3.87. The number of benzene rings is 2. The first kappa shape index (κ1) is 21.8. The Morgan fingerprint density at radius 1 is 1.06 bits per heavy atom. The van der Waals surface area contributed by atoms with Gasteiger partial charge in [-0.2, -0.15) is 0 Å². The molecule has 4 rings (SSSR count). The molecule has 160 valence electrons. The van der Waals surface area contributed by atoms with E-state index < -0.39 is 0 Å². The van der Waals surface area contributed by atoms with E-state index in [1.165, 1.54) is 16.2 Å². The van der Waals surface area contributed by atoms with Gasteiger partial charge < -0.3 is 9.64 Å². The fourth-order valence-corrected chi connectivity index (χ4v) is 4.52. The van der Waals surface area contributed by atoms with Crippen LogP contribution in [0, 0.1) is 6.92 Å². The number of carbonyl (C=O) groups excluding carboxylic acids is 2. The molecule has 0 bridgehead atoms. The van der Waals surface area contributed by atoms with Crippen molar-refractivity contribution < 1.29 is 14.3 Å². The van der Waals surface area contributed by atoms with E-state index in [2.05, 4.69) is 4.98 Å². The predicted molar refractivity (Wildman–Crippen MR) is 123 cm³/mol. The van der Waals surface area contributed by atoms with Crippen molar-refractivity contribution in [2.24, 2.45) is 0 Å². The van der Waals surface area contributed by atoms with Gasteiger partial charge in [-0.1, -0.05) is 35.3 Å². The van der Waals surface area contributed by atoms with Crippen LogP contribution in [0.2, 0.25) is 10.0 Å². The highest BCUT2D eigenvalue weighted by molar-refractivity contribution is 7.16. The second-order valence-corrected chi connectivity index (χ2v) is 8.93. The number of halogens is 2. The SMILES string of the molecule is Cc1sc(N(C(=O)c2ccccc2Cl)c2ccc(Cl)cc2)nc1C(=O)N1CCOCC1. The van der Waals surface area contributed by atoms with Gasteiger partial charge in [0, 0.05) is 23.0 Å². The first-order valence-electron chi connectivity index (χ1n) is 9.64. The molecule has 0 radical (unpaired) electrons. The van der Waals surface area contributed by atoms with Gasteiger partial charge in [0.1, 0.15) is 5.69 Å². The third-order valence-electron chi connectivity index (χ3n) is 4.87. The Morgan fingerprint density at radius 3 is 2.42 bits per heavy atom. The van der Waals surface area contributed by atoms with Crippen LogP contribution in [0.1, 0.15) is 25.7 Å². The van der Waals surface area contributed by atoms with E-state index in [1.54, 1.807) is 53.4 Å². The zero-order valence-corrected chi connectivity index (χ0v) is 19.0. The van der Waals surface area contributed by atoms with Crippen molar-refractivity contribution in [2.75, 3.05) is 31.2 Å². The Bertz CT molecular complexity index is 1110. The van der Waals surface area contributed by atoms with Gasteiger partial charge in [-0.3, -0.25) is 14.5 Å². The molecule has 0 N–H and O–H groups in total. The zero-order chi connectivity index (χ0) is 22.0. The molecular formula is C22H19Cl2N3O3S. The summed E-state index contributed by atoms with van der Waals surface area (Å²) in [4.78, 5) is 35.0. The molecule has 1 saturated heterocycles. The second-order valence-electron chi connectivity index (χ2n) is 6.90. The summed E-state index contributed by atoms with van der Waals surface area (Å²) in [5.41, 5.74) is 1.26. The number of ether oxygens (including phenoxy) is 1. The van der Waals surface area contributed by atoms with E-state index in [4.69, 9.17) is 27.9 Å². The van der Waals surface area contributed by atoms with Crippen LogP contribution in [0.3, 0.4) is 0 Å². The summed E-state index contributed by atoms with van der Waals surface area (Å²) in [6, 6.07) is 13.7. The molecule has 0 aliphatic carbocycles. The van der Waals surface area contributed by atoms with E-state index in [1.807, 2.05) is 6.92 Å². The van der Waals surface area contributed by atoms with Crippen molar-refractivity contribution in [3.63, 3.8) is 0 Å². The van der Waals surface area contributed by atoms with Crippen molar-refractivity contribution >= 4 is 57.2 Å². The van der Waals surface area contributed by atoms with Crippen LogP contribution in [0.15, 0.2) is 48.5 Å². The smallest absolute Gasteiger partial charge is 0.273 e. The molecule has 1 aliphatic heterocycles. The molecule has 2 amide bonds. The van der Waals surface area contributed by atoms with Gasteiger partial charge in [0.15, 0.2) is 5.13 Å². The normalized spacial score (nSPS) is 13.8. The lowest BCUT2D eigenvalue weighted by molar-refractivity contribution is 0.0299. The number of carbonyl (C=O) groups is 2. The first-order chi connectivity index (χ1) is 15.0. The van der Waals surface area contributed by atoms with Crippen molar-refractivity contribution in [1.29, 1.82) is 0 Å². The number of anilines is 2. The number of rotatable bonds is 4. The Morgan fingerprint density at radius 2 is 1.74 bits per heavy atom. The summed E-state index contributed by atoms with van der Waals surface area (Å²) in [7, 11) is 0. The van der Waals surface area contributed by atoms with Crippen LogP contribution in [-0.4, -0.2) is 48.0 Å². The van der Waals surface area contributed by atoms with E-state index in [0.717, 1.165) is 4.88 Å². The van der Waals surface area contributed by atoms with E-state index >= 15 is 0 Å². The monoisotopic (exact) mass is 475 g/mol. The molecule has 1 aliphatic rings. The topological polar surface area (TPSA) is 62.7 Å². The van der Waals surface area contributed by atoms with Gasteiger partial charge >= 0.3 is 0 Å². The number of aromatic nitrogens is 1. The summed E-state index contributed by atoms with van der Waals surface area (Å²) < 4.78 is 5.33. The van der Waals surface area contributed by atoms with Crippen molar-refractivity contribution in [3.8, 4) is 0 Å². The maximum absolute atomic E-state index is 13.5. The third-order valence-corrected chi connectivity index (χ3v) is 6.41. The summed E-state index contributed by atoms with van der Waals surface area (Å²) >= 11 is 13.6. The van der Waals surface area contributed by atoms with E-state index in [9.17, 15) is 9.59 Å². The highest BCUT2D eigenvalue weighted by Crippen LogP contribution is 2.35. The number of morpholine rings is 1. The Labute approximate surface area is 194 Å². The van der Waals surface area contributed by atoms with Crippen LogP contribution in [-0.2, 0) is 4.74 Å².